The van der Waals surface area contributed by atoms with Crippen molar-refractivity contribution in [1.82, 2.24) is 4.57 Å². The van der Waals surface area contributed by atoms with Gasteiger partial charge in [-0.25, -0.2) is 0 Å². The van der Waals surface area contributed by atoms with Gasteiger partial charge in [0, 0.05) is 34.4 Å². The topological polar surface area (TPSA) is 51.1 Å². The molecule has 1 aromatic heterocycles. The number of aryl methyl sites for hydroxylation is 2. The van der Waals surface area contributed by atoms with Crippen molar-refractivity contribution in [3.8, 4) is 0 Å². The molecule has 29 heavy (non-hydrogen) atoms. The number of rotatable bonds is 5. The second-order valence-electron chi connectivity index (χ2n) is 7.13. The van der Waals surface area contributed by atoms with Crippen LogP contribution >= 0.6 is 11.6 Å². The van der Waals surface area contributed by atoms with Gasteiger partial charge in [-0.1, -0.05) is 35.9 Å². The number of hydrogen-bond donors (Lipinski definition) is 1. The third-order valence-corrected chi connectivity index (χ3v) is 5.36. The first-order chi connectivity index (χ1) is 14.0. The molecule has 0 saturated carbocycles. The molecule has 0 aliphatic rings. The molecule has 4 rings (SSSR count). The molecule has 0 saturated heterocycles. The van der Waals surface area contributed by atoms with Gasteiger partial charge in [0.15, 0.2) is 5.43 Å². The van der Waals surface area contributed by atoms with E-state index in [4.69, 9.17) is 11.6 Å². The molecule has 0 radical (unpaired) electrons. The number of para-hydroxylation sites is 2. The number of nitrogens with zero attached hydrogens (tertiary/aromatic N) is 1. The Labute approximate surface area is 173 Å². The lowest BCUT2D eigenvalue weighted by molar-refractivity contribution is -0.116. The van der Waals surface area contributed by atoms with Crippen molar-refractivity contribution < 1.29 is 4.79 Å². The zero-order valence-electron chi connectivity index (χ0n) is 16.1. The molecule has 1 heterocycles. The molecule has 0 bridgehead atoms. The molecule has 1 N–H and O–H groups in total. The van der Waals surface area contributed by atoms with Gasteiger partial charge < -0.3 is 9.88 Å². The summed E-state index contributed by atoms with van der Waals surface area (Å²) in [6.07, 6.45) is 1.05. The van der Waals surface area contributed by atoms with Crippen LogP contribution in [0.25, 0.3) is 21.8 Å². The van der Waals surface area contributed by atoms with Crippen molar-refractivity contribution in [1.29, 1.82) is 0 Å². The van der Waals surface area contributed by atoms with Crippen molar-refractivity contribution in [2.45, 2.75) is 26.3 Å². The Hall–Kier alpha value is -3.11. The summed E-state index contributed by atoms with van der Waals surface area (Å²) in [7, 11) is 0. The van der Waals surface area contributed by atoms with Gasteiger partial charge in [-0.05, 0) is 61.4 Å². The summed E-state index contributed by atoms with van der Waals surface area (Å²) in [6.45, 7) is 2.56. The van der Waals surface area contributed by atoms with Crippen LogP contribution in [0.3, 0.4) is 0 Å². The third kappa shape index (κ3) is 3.89. The van der Waals surface area contributed by atoms with Crippen molar-refractivity contribution in [2.24, 2.45) is 0 Å². The number of anilines is 1. The summed E-state index contributed by atoms with van der Waals surface area (Å²) >= 11 is 5.97. The van der Waals surface area contributed by atoms with Crippen molar-refractivity contribution in [3.05, 3.63) is 87.5 Å². The van der Waals surface area contributed by atoms with Gasteiger partial charge in [0.05, 0.1) is 11.0 Å². The predicted molar refractivity (Wildman–Crippen MR) is 120 cm³/mol. The van der Waals surface area contributed by atoms with Crippen molar-refractivity contribution >= 4 is 45.0 Å². The number of nitrogens with one attached hydrogen (secondary N) is 1. The van der Waals surface area contributed by atoms with E-state index in [1.54, 1.807) is 6.07 Å². The second kappa shape index (κ2) is 8.10. The number of benzene rings is 3. The Morgan fingerprint density at radius 1 is 0.966 bits per heavy atom. The summed E-state index contributed by atoms with van der Waals surface area (Å²) < 4.78 is 2.13. The SMILES string of the molecule is Cc1cc(Cl)ccc1NC(=O)CCCn1c2ccccc2c(=O)c2ccccc21. The maximum absolute atomic E-state index is 12.8. The van der Waals surface area contributed by atoms with Gasteiger partial charge in [0.2, 0.25) is 5.91 Å². The summed E-state index contributed by atoms with van der Waals surface area (Å²) in [5, 5.41) is 5.00. The largest absolute Gasteiger partial charge is 0.340 e. The lowest BCUT2D eigenvalue weighted by atomic mass is 10.1. The fourth-order valence-corrected chi connectivity index (χ4v) is 3.92. The Balaban J connectivity index is 1.56. The maximum Gasteiger partial charge on any atom is 0.224 e. The van der Waals surface area contributed by atoms with E-state index in [9.17, 15) is 9.59 Å². The van der Waals surface area contributed by atoms with Gasteiger partial charge in [-0.2, -0.15) is 0 Å². The molecule has 3 aromatic carbocycles. The van der Waals surface area contributed by atoms with Crippen LogP contribution < -0.4 is 10.7 Å². The molecule has 0 unspecified atom stereocenters. The average Bonchev–Trinajstić information content (AvgIpc) is 2.72. The summed E-state index contributed by atoms with van der Waals surface area (Å²) in [4.78, 5) is 25.2. The lowest BCUT2D eigenvalue weighted by Crippen LogP contribution is -2.15. The number of carbonyl (C=O) groups is 1. The van der Waals surface area contributed by atoms with E-state index in [1.807, 2.05) is 67.6 Å². The number of halogens is 1. The molecule has 0 aliphatic heterocycles. The van der Waals surface area contributed by atoms with Crippen LogP contribution in [-0.4, -0.2) is 10.5 Å². The molecule has 1 amide bonds. The Kier molecular flexibility index (Phi) is 5.36. The second-order valence-corrected chi connectivity index (χ2v) is 7.56. The molecule has 146 valence electrons. The van der Waals surface area contributed by atoms with E-state index in [0.29, 0.717) is 35.2 Å². The van der Waals surface area contributed by atoms with E-state index < -0.39 is 0 Å². The van der Waals surface area contributed by atoms with E-state index in [0.717, 1.165) is 22.3 Å². The molecule has 4 nitrogen and oxygen atoms in total. The molecule has 5 heteroatoms. The van der Waals surface area contributed by atoms with Crippen LogP contribution in [0.15, 0.2) is 71.5 Å². The van der Waals surface area contributed by atoms with Gasteiger partial charge in [-0.3, -0.25) is 9.59 Å². The lowest BCUT2D eigenvalue weighted by Gasteiger charge is -2.15. The van der Waals surface area contributed by atoms with Crippen molar-refractivity contribution in [2.75, 3.05) is 5.32 Å². The number of hydrogen-bond acceptors (Lipinski definition) is 2. The molecule has 0 atom stereocenters. The average molecular weight is 405 g/mol. The molecular weight excluding hydrogens is 384 g/mol. The van der Waals surface area contributed by atoms with Crippen molar-refractivity contribution in [3.63, 3.8) is 0 Å². The Morgan fingerprint density at radius 3 is 2.21 bits per heavy atom. The summed E-state index contributed by atoms with van der Waals surface area (Å²) in [6, 6.07) is 20.7. The Morgan fingerprint density at radius 2 is 1.59 bits per heavy atom. The zero-order valence-corrected chi connectivity index (χ0v) is 16.9. The highest BCUT2D eigenvalue weighted by molar-refractivity contribution is 6.30. The molecule has 4 aromatic rings. The minimum atomic E-state index is -0.0370. The van der Waals surface area contributed by atoms with Crippen LogP contribution in [0.2, 0.25) is 5.02 Å². The van der Waals surface area contributed by atoms with E-state index in [2.05, 4.69) is 9.88 Å². The molecular formula is C24H21ClN2O2. The van der Waals surface area contributed by atoms with Gasteiger partial charge in [-0.15, -0.1) is 0 Å². The maximum atomic E-state index is 12.8. The van der Waals surface area contributed by atoms with Crippen LogP contribution in [0, 0.1) is 6.92 Å². The van der Waals surface area contributed by atoms with Gasteiger partial charge in [0.25, 0.3) is 0 Å². The van der Waals surface area contributed by atoms with Gasteiger partial charge >= 0.3 is 0 Å². The van der Waals surface area contributed by atoms with E-state index in [1.165, 1.54) is 0 Å². The van der Waals surface area contributed by atoms with Crippen LogP contribution in [0.4, 0.5) is 5.69 Å². The van der Waals surface area contributed by atoms with Crippen LogP contribution in [0.5, 0.6) is 0 Å². The fourth-order valence-electron chi connectivity index (χ4n) is 3.70. The third-order valence-electron chi connectivity index (χ3n) is 5.13. The summed E-state index contributed by atoms with van der Waals surface area (Å²) in [5.41, 5.74) is 3.54. The highest BCUT2D eigenvalue weighted by atomic mass is 35.5. The standard InChI is InChI=1S/C24H21ClN2O2/c1-16-15-17(25)12-13-20(16)26-23(28)11-6-14-27-21-9-4-2-7-18(21)24(29)19-8-3-5-10-22(19)27/h2-5,7-10,12-13,15H,6,11,14H2,1H3,(H,26,28). The molecule has 0 aliphatic carbocycles. The van der Waals surface area contributed by atoms with E-state index in [-0.39, 0.29) is 11.3 Å². The van der Waals surface area contributed by atoms with Gasteiger partial charge in [0.1, 0.15) is 0 Å². The highest BCUT2D eigenvalue weighted by Crippen LogP contribution is 2.21. The highest BCUT2D eigenvalue weighted by Gasteiger charge is 2.11. The fraction of sp³-hybridized carbons (Fsp3) is 0.167. The number of pyridine rings is 1. The first-order valence-electron chi connectivity index (χ1n) is 9.61. The Bertz CT molecular complexity index is 1220. The number of aromatic nitrogens is 1. The molecule has 0 fully saturated rings. The molecule has 0 spiro atoms. The monoisotopic (exact) mass is 404 g/mol. The van der Waals surface area contributed by atoms with Crippen LogP contribution in [0.1, 0.15) is 18.4 Å². The first kappa shape index (κ1) is 19.2. The predicted octanol–water partition coefficient (Wildman–Crippen LogP) is 5.54. The number of carbonyl (C=O) groups excluding carboxylic acids is 1. The minimum Gasteiger partial charge on any atom is -0.340 e. The zero-order chi connectivity index (χ0) is 20.4. The first-order valence-corrected chi connectivity index (χ1v) is 9.98. The quantitative estimate of drug-likeness (QED) is 0.444. The van der Waals surface area contributed by atoms with Crippen LogP contribution in [-0.2, 0) is 11.3 Å². The number of amides is 1. The minimum absolute atomic E-state index is 0.0370. The van der Waals surface area contributed by atoms with E-state index >= 15 is 0 Å². The summed E-state index contributed by atoms with van der Waals surface area (Å²) in [5.74, 6) is -0.0370. The normalized spacial score (nSPS) is 11.1. The number of fused-ring (bicyclic) bond motifs is 2. The smallest absolute Gasteiger partial charge is 0.224 e.